The van der Waals surface area contributed by atoms with Gasteiger partial charge in [-0.3, -0.25) is 4.79 Å². The number of aliphatic carboxylic acids is 1. The molecule has 76 valence electrons. The fourth-order valence-corrected chi connectivity index (χ4v) is 1.12. The molecular formula is C8H15NO4. The highest BCUT2D eigenvalue weighted by Gasteiger charge is 2.44. The zero-order valence-electron chi connectivity index (χ0n) is 8.09. The smallest absolute Gasteiger partial charge is 0.342 e. The molecular weight excluding hydrogens is 174 g/mol. The normalized spacial score (nSPS) is 11.0. The van der Waals surface area contributed by atoms with E-state index in [-0.39, 0.29) is 12.8 Å². The van der Waals surface area contributed by atoms with E-state index in [4.69, 9.17) is 5.11 Å². The Bertz CT molecular complexity index is 198. The minimum atomic E-state index is -1.41. The number of nitrogens with one attached hydrogen (secondary N) is 1. The molecule has 0 spiro atoms. The number of carboxylic acid groups (broad SMARTS) is 1. The Kier molecular flexibility index (Phi) is 4.40. The van der Waals surface area contributed by atoms with Crippen LogP contribution in [-0.2, 0) is 14.4 Å². The van der Waals surface area contributed by atoms with Gasteiger partial charge in [-0.2, -0.15) is 5.48 Å². The molecule has 5 heteroatoms. The van der Waals surface area contributed by atoms with Crippen molar-refractivity contribution in [3.05, 3.63) is 0 Å². The molecule has 0 bridgehead atoms. The number of hydroxylamine groups is 1. The molecule has 0 heterocycles. The summed E-state index contributed by atoms with van der Waals surface area (Å²) in [6.07, 6.45) is 0.443. The maximum atomic E-state index is 11.3. The van der Waals surface area contributed by atoms with Crippen LogP contribution in [0.2, 0.25) is 0 Å². The number of carbonyl (C=O) groups excluding carboxylic acids is 1. The number of hydrogen-bond acceptors (Lipinski definition) is 4. The quantitative estimate of drug-likeness (QED) is 0.488. The fraction of sp³-hybridized carbons (Fsp3) is 0.750. The molecule has 0 aliphatic rings. The van der Waals surface area contributed by atoms with Crippen molar-refractivity contribution in [3.8, 4) is 0 Å². The van der Waals surface area contributed by atoms with Crippen LogP contribution < -0.4 is 5.48 Å². The second-order valence-electron chi connectivity index (χ2n) is 2.69. The zero-order valence-corrected chi connectivity index (χ0v) is 8.09. The predicted octanol–water partition coefficient (Wildman–Crippen LogP) is 0.555. The Morgan fingerprint density at radius 1 is 1.38 bits per heavy atom. The van der Waals surface area contributed by atoms with Gasteiger partial charge in [-0.25, -0.2) is 4.79 Å². The van der Waals surface area contributed by atoms with Crippen molar-refractivity contribution in [2.75, 3.05) is 7.05 Å². The minimum Gasteiger partial charge on any atom is -0.480 e. The lowest BCUT2D eigenvalue weighted by molar-refractivity contribution is -0.174. The topological polar surface area (TPSA) is 75.6 Å². The first-order chi connectivity index (χ1) is 6.05. The van der Waals surface area contributed by atoms with E-state index < -0.39 is 17.4 Å². The molecule has 0 unspecified atom stereocenters. The first-order valence-electron chi connectivity index (χ1n) is 4.16. The van der Waals surface area contributed by atoms with Gasteiger partial charge in [-0.05, 0) is 12.8 Å². The van der Waals surface area contributed by atoms with Crippen LogP contribution in [0.5, 0.6) is 0 Å². The molecule has 13 heavy (non-hydrogen) atoms. The van der Waals surface area contributed by atoms with E-state index >= 15 is 0 Å². The summed E-state index contributed by atoms with van der Waals surface area (Å²) in [5, 5.41) is 8.89. The molecule has 0 saturated heterocycles. The summed E-state index contributed by atoms with van der Waals surface area (Å²) in [5.41, 5.74) is 0.770. The Hall–Kier alpha value is -1.10. The summed E-state index contributed by atoms with van der Waals surface area (Å²) in [6.45, 7) is 3.29. The molecule has 0 atom stereocenters. The minimum absolute atomic E-state index is 0.222. The van der Waals surface area contributed by atoms with Crippen LogP contribution in [0.3, 0.4) is 0 Å². The van der Waals surface area contributed by atoms with Crippen LogP contribution >= 0.6 is 0 Å². The molecule has 0 radical (unpaired) electrons. The molecule has 0 aromatic rings. The Labute approximate surface area is 77.0 Å². The van der Waals surface area contributed by atoms with Crippen molar-refractivity contribution in [2.45, 2.75) is 26.7 Å². The zero-order chi connectivity index (χ0) is 10.5. The number of carboxylic acids is 1. The van der Waals surface area contributed by atoms with Crippen LogP contribution in [0.15, 0.2) is 0 Å². The van der Waals surface area contributed by atoms with Gasteiger partial charge in [0.2, 0.25) is 0 Å². The van der Waals surface area contributed by atoms with E-state index in [1.54, 1.807) is 13.8 Å². The van der Waals surface area contributed by atoms with E-state index in [9.17, 15) is 9.59 Å². The van der Waals surface area contributed by atoms with E-state index in [0.717, 1.165) is 0 Å². The molecule has 0 fully saturated rings. The van der Waals surface area contributed by atoms with E-state index in [1.165, 1.54) is 7.05 Å². The highest BCUT2D eigenvalue weighted by molar-refractivity contribution is 5.98. The van der Waals surface area contributed by atoms with Gasteiger partial charge in [-0.1, -0.05) is 13.8 Å². The number of hydrogen-bond donors (Lipinski definition) is 2. The maximum Gasteiger partial charge on any atom is 0.342 e. The van der Waals surface area contributed by atoms with Gasteiger partial charge in [0.1, 0.15) is 0 Å². The number of carbonyl (C=O) groups is 2. The van der Waals surface area contributed by atoms with Crippen molar-refractivity contribution in [2.24, 2.45) is 5.41 Å². The second-order valence-corrected chi connectivity index (χ2v) is 2.69. The molecule has 0 aliphatic heterocycles. The van der Waals surface area contributed by atoms with E-state index in [1.807, 2.05) is 0 Å². The van der Waals surface area contributed by atoms with Crippen molar-refractivity contribution in [3.63, 3.8) is 0 Å². The molecule has 0 rings (SSSR count). The Morgan fingerprint density at radius 2 is 1.85 bits per heavy atom. The van der Waals surface area contributed by atoms with Crippen molar-refractivity contribution in [1.29, 1.82) is 0 Å². The SMILES string of the molecule is CCC(CC)(C(=O)O)C(=O)ONC. The average Bonchev–Trinajstić information content (AvgIpc) is 2.07. The molecule has 0 aliphatic carbocycles. The van der Waals surface area contributed by atoms with Crippen LogP contribution in [0.4, 0.5) is 0 Å². The highest BCUT2D eigenvalue weighted by Crippen LogP contribution is 2.27. The summed E-state index contributed by atoms with van der Waals surface area (Å²) >= 11 is 0. The maximum absolute atomic E-state index is 11.3. The fourth-order valence-electron chi connectivity index (χ4n) is 1.12. The molecule has 0 amide bonds. The number of rotatable bonds is 5. The van der Waals surface area contributed by atoms with Crippen molar-refractivity contribution >= 4 is 11.9 Å². The lowest BCUT2D eigenvalue weighted by Crippen LogP contribution is -2.41. The predicted molar refractivity (Wildman–Crippen MR) is 45.8 cm³/mol. The van der Waals surface area contributed by atoms with Crippen molar-refractivity contribution < 1.29 is 19.5 Å². The standard InChI is InChI=1S/C8H15NO4/c1-4-8(5-2,6(10)11)7(12)13-9-3/h9H,4-5H2,1-3H3,(H,10,11). The third kappa shape index (κ3) is 2.18. The molecule has 0 saturated carbocycles. The molecule has 2 N–H and O–H groups in total. The largest absolute Gasteiger partial charge is 0.480 e. The van der Waals surface area contributed by atoms with E-state index in [0.29, 0.717) is 0 Å². The van der Waals surface area contributed by atoms with Gasteiger partial charge in [-0.15, -0.1) is 0 Å². The summed E-state index contributed by atoms with van der Waals surface area (Å²) in [5.74, 6) is -1.88. The Morgan fingerprint density at radius 3 is 2.08 bits per heavy atom. The van der Waals surface area contributed by atoms with Crippen LogP contribution in [0.25, 0.3) is 0 Å². The monoisotopic (exact) mass is 189 g/mol. The first-order valence-corrected chi connectivity index (χ1v) is 4.16. The van der Waals surface area contributed by atoms with E-state index in [2.05, 4.69) is 10.3 Å². The van der Waals surface area contributed by atoms with Gasteiger partial charge < -0.3 is 9.94 Å². The lowest BCUT2D eigenvalue weighted by Gasteiger charge is -2.23. The third-order valence-electron chi connectivity index (χ3n) is 2.20. The van der Waals surface area contributed by atoms with Crippen LogP contribution in [-0.4, -0.2) is 24.1 Å². The summed E-state index contributed by atoms with van der Waals surface area (Å²) in [4.78, 5) is 26.7. The average molecular weight is 189 g/mol. The van der Waals surface area contributed by atoms with Gasteiger partial charge in [0.05, 0.1) is 0 Å². The molecule has 0 aromatic heterocycles. The highest BCUT2D eigenvalue weighted by atomic mass is 16.7. The summed E-state index contributed by atoms with van der Waals surface area (Å²) < 4.78 is 0. The Balaban J connectivity index is 4.75. The van der Waals surface area contributed by atoms with Crippen LogP contribution in [0, 0.1) is 5.41 Å². The summed E-state index contributed by atoms with van der Waals surface area (Å²) in [7, 11) is 1.41. The molecule has 0 aromatic carbocycles. The van der Waals surface area contributed by atoms with Gasteiger partial charge in [0.25, 0.3) is 0 Å². The first kappa shape index (κ1) is 11.9. The van der Waals surface area contributed by atoms with Crippen LogP contribution in [0.1, 0.15) is 26.7 Å². The van der Waals surface area contributed by atoms with Gasteiger partial charge in [0.15, 0.2) is 5.41 Å². The summed E-state index contributed by atoms with van der Waals surface area (Å²) in [6, 6.07) is 0. The second kappa shape index (κ2) is 4.81. The lowest BCUT2D eigenvalue weighted by atomic mass is 9.83. The van der Waals surface area contributed by atoms with Gasteiger partial charge in [0, 0.05) is 7.05 Å². The van der Waals surface area contributed by atoms with Crippen molar-refractivity contribution in [1.82, 2.24) is 5.48 Å². The van der Waals surface area contributed by atoms with Gasteiger partial charge >= 0.3 is 11.9 Å². The third-order valence-corrected chi connectivity index (χ3v) is 2.20. The molecule has 5 nitrogen and oxygen atoms in total.